The maximum atomic E-state index is 13.1. The van der Waals surface area contributed by atoms with Gasteiger partial charge in [0.25, 0.3) is 0 Å². The van der Waals surface area contributed by atoms with E-state index in [2.05, 4.69) is 13.8 Å². The average molecular weight is 221 g/mol. The maximum Gasteiger partial charge on any atom is 0.128 e. The number of benzene rings is 1. The summed E-state index contributed by atoms with van der Waals surface area (Å²) >= 11 is 0. The molecule has 0 heterocycles. The minimum Gasteiger partial charge on any atom is -0.493 e. The van der Waals surface area contributed by atoms with Crippen molar-refractivity contribution in [3.8, 4) is 11.8 Å². The molecular weight excluding hydrogens is 205 g/mol. The van der Waals surface area contributed by atoms with E-state index in [1.165, 1.54) is 12.1 Å². The molecule has 0 radical (unpaired) electrons. The van der Waals surface area contributed by atoms with Crippen LogP contribution in [0, 0.1) is 23.1 Å². The molecule has 1 unspecified atom stereocenters. The van der Waals surface area contributed by atoms with E-state index in [0.29, 0.717) is 18.3 Å². The molecule has 1 aromatic carbocycles. The highest BCUT2D eigenvalue weighted by Crippen LogP contribution is 2.17. The molecule has 0 N–H and O–H groups in total. The monoisotopic (exact) mass is 221 g/mol. The molecule has 0 amide bonds. The number of ether oxygens (including phenoxy) is 1. The second-order valence-corrected chi connectivity index (χ2v) is 3.99. The van der Waals surface area contributed by atoms with E-state index >= 15 is 0 Å². The highest BCUT2D eigenvalue weighted by atomic mass is 19.1. The van der Waals surface area contributed by atoms with Gasteiger partial charge in [-0.05, 0) is 24.5 Å². The van der Waals surface area contributed by atoms with E-state index in [1.54, 1.807) is 6.07 Å². The van der Waals surface area contributed by atoms with Gasteiger partial charge in [-0.2, -0.15) is 5.26 Å². The van der Waals surface area contributed by atoms with Crippen LogP contribution < -0.4 is 4.74 Å². The molecule has 0 aliphatic heterocycles. The van der Waals surface area contributed by atoms with Gasteiger partial charge in [-0.3, -0.25) is 0 Å². The predicted octanol–water partition coefficient (Wildman–Crippen LogP) is 3.51. The number of nitrogens with zero attached hydrogens (tertiary/aromatic N) is 1. The molecule has 16 heavy (non-hydrogen) atoms. The van der Waals surface area contributed by atoms with Gasteiger partial charge in [0.1, 0.15) is 11.6 Å². The van der Waals surface area contributed by atoms with Gasteiger partial charge in [-0.1, -0.05) is 20.3 Å². The van der Waals surface area contributed by atoms with Gasteiger partial charge in [0, 0.05) is 6.07 Å². The summed E-state index contributed by atoms with van der Waals surface area (Å²) in [5, 5.41) is 8.68. The molecule has 3 heteroatoms. The first kappa shape index (κ1) is 12.5. The molecule has 0 aromatic heterocycles. The highest BCUT2D eigenvalue weighted by Gasteiger charge is 2.04. The van der Waals surface area contributed by atoms with Crippen molar-refractivity contribution in [2.75, 3.05) is 6.61 Å². The third kappa shape index (κ3) is 3.90. The Morgan fingerprint density at radius 1 is 1.44 bits per heavy atom. The van der Waals surface area contributed by atoms with Crippen LogP contribution in [0.5, 0.6) is 5.75 Å². The molecule has 1 atom stereocenters. The van der Waals surface area contributed by atoms with Crippen LogP contribution in [0.1, 0.15) is 32.3 Å². The minimum atomic E-state index is -0.433. The lowest BCUT2D eigenvalue weighted by molar-refractivity contribution is 0.250. The Morgan fingerprint density at radius 3 is 2.81 bits per heavy atom. The van der Waals surface area contributed by atoms with Crippen molar-refractivity contribution >= 4 is 0 Å². The third-order valence-electron chi connectivity index (χ3n) is 2.32. The summed E-state index contributed by atoms with van der Waals surface area (Å²) in [6.45, 7) is 4.77. The summed E-state index contributed by atoms with van der Waals surface area (Å²) in [5.74, 6) is 0.440. The third-order valence-corrected chi connectivity index (χ3v) is 2.32. The Kier molecular flexibility index (Phi) is 4.78. The van der Waals surface area contributed by atoms with Gasteiger partial charge >= 0.3 is 0 Å². The summed E-state index contributed by atoms with van der Waals surface area (Å²) in [7, 11) is 0. The topological polar surface area (TPSA) is 33.0 Å². The Labute approximate surface area is 95.7 Å². The predicted molar refractivity (Wildman–Crippen MR) is 60.7 cm³/mol. The van der Waals surface area contributed by atoms with Gasteiger partial charge in [0.2, 0.25) is 0 Å². The number of rotatable bonds is 5. The van der Waals surface area contributed by atoms with Gasteiger partial charge in [0.05, 0.1) is 18.2 Å². The minimum absolute atomic E-state index is 0.290. The summed E-state index contributed by atoms with van der Waals surface area (Å²) in [6.07, 6.45) is 2.19. The summed E-state index contributed by atoms with van der Waals surface area (Å²) in [6, 6.07) is 5.96. The maximum absolute atomic E-state index is 13.1. The van der Waals surface area contributed by atoms with E-state index in [1.807, 2.05) is 6.07 Å². The molecule has 0 fully saturated rings. The molecule has 86 valence electrons. The van der Waals surface area contributed by atoms with E-state index in [9.17, 15) is 4.39 Å². The standard InChI is InChI=1S/C13H16FNO/c1-3-4-10(2)9-16-13-6-11(8-15)5-12(14)7-13/h5-7,10H,3-4,9H2,1-2H3. The molecule has 0 saturated heterocycles. The molecule has 1 rings (SSSR count). The lowest BCUT2D eigenvalue weighted by Gasteiger charge is -2.12. The number of hydrogen-bond acceptors (Lipinski definition) is 2. The van der Waals surface area contributed by atoms with E-state index in [0.717, 1.165) is 12.8 Å². The van der Waals surface area contributed by atoms with Crippen molar-refractivity contribution in [2.24, 2.45) is 5.92 Å². The Hall–Kier alpha value is -1.56. The number of nitriles is 1. The number of halogens is 1. The molecule has 1 aromatic rings. The van der Waals surface area contributed by atoms with Crippen LogP contribution in [0.3, 0.4) is 0 Å². The van der Waals surface area contributed by atoms with Crippen LogP contribution in [0.15, 0.2) is 18.2 Å². The second kappa shape index (κ2) is 6.12. The molecule has 0 aliphatic rings. The quantitative estimate of drug-likeness (QED) is 0.762. The van der Waals surface area contributed by atoms with Crippen molar-refractivity contribution in [2.45, 2.75) is 26.7 Å². The van der Waals surface area contributed by atoms with Gasteiger partial charge in [-0.25, -0.2) is 4.39 Å². The average Bonchev–Trinajstić information content (AvgIpc) is 2.26. The van der Waals surface area contributed by atoms with Crippen molar-refractivity contribution in [1.29, 1.82) is 5.26 Å². The lowest BCUT2D eigenvalue weighted by Crippen LogP contribution is -2.08. The zero-order valence-electron chi connectivity index (χ0n) is 9.66. The van der Waals surface area contributed by atoms with Crippen LogP contribution in [-0.2, 0) is 0 Å². The highest BCUT2D eigenvalue weighted by molar-refractivity contribution is 5.36. The summed E-state index contributed by atoms with van der Waals surface area (Å²) in [4.78, 5) is 0. The van der Waals surface area contributed by atoms with E-state index in [4.69, 9.17) is 10.00 Å². The van der Waals surface area contributed by atoms with Crippen LogP contribution in [0.4, 0.5) is 4.39 Å². The molecule has 0 spiro atoms. The molecule has 0 aliphatic carbocycles. The van der Waals surface area contributed by atoms with Crippen LogP contribution in [-0.4, -0.2) is 6.61 Å². The first-order valence-electron chi connectivity index (χ1n) is 5.49. The molecule has 0 saturated carbocycles. The fourth-order valence-electron chi connectivity index (χ4n) is 1.53. The van der Waals surface area contributed by atoms with E-state index in [-0.39, 0.29) is 5.56 Å². The van der Waals surface area contributed by atoms with Gasteiger partial charge in [0.15, 0.2) is 0 Å². The van der Waals surface area contributed by atoms with Crippen molar-refractivity contribution in [3.63, 3.8) is 0 Å². The zero-order valence-corrected chi connectivity index (χ0v) is 9.66. The summed E-state index contributed by atoms with van der Waals surface area (Å²) in [5.41, 5.74) is 0.290. The van der Waals surface area contributed by atoms with E-state index < -0.39 is 5.82 Å². The summed E-state index contributed by atoms with van der Waals surface area (Å²) < 4.78 is 18.5. The largest absolute Gasteiger partial charge is 0.493 e. The SMILES string of the molecule is CCCC(C)COc1cc(F)cc(C#N)c1. The van der Waals surface area contributed by atoms with Crippen LogP contribution in [0.2, 0.25) is 0 Å². The van der Waals surface area contributed by atoms with Crippen molar-refractivity contribution in [1.82, 2.24) is 0 Å². The van der Waals surface area contributed by atoms with Gasteiger partial charge in [-0.15, -0.1) is 0 Å². The molecular formula is C13H16FNO. The molecule has 0 bridgehead atoms. The van der Waals surface area contributed by atoms with Gasteiger partial charge < -0.3 is 4.74 Å². The van der Waals surface area contributed by atoms with Crippen molar-refractivity contribution in [3.05, 3.63) is 29.6 Å². The zero-order chi connectivity index (χ0) is 12.0. The fourth-order valence-corrected chi connectivity index (χ4v) is 1.53. The number of hydrogen-bond donors (Lipinski definition) is 0. The lowest BCUT2D eigenvalue weighted by atomic mass is 10.1. The fraction of sp³-hybridized carbons (Fsp3) is 0.462. The Morgan fingerprint density at radius 2 is 2.19 bits per heavy atom. The Balaban J connectivity index is 2.60. The van der Waals surface area contributed by atoms with Crippen LogP contribution in [0.25, 0.3) is 0 Å². The smallest absolute Gasteiger partial charge is 0.128 e. The normalized spacial score (nSPS) is 11.9. The Bertz CT molecular complexity index is 384. The van der Waals surface area contributed by atoms with Crippen molar-refractivity contribution < 1.29 is 9.13 Å². The molecule has 2 nitrogen and oxygen atoms in total. The second-order valence-electron chi connectivity index (χ2n) is 3.99. The first-order valence-corrected chi connectivity index (χ1v) is 5.49. The first-order chi connectivity index (χ1) is 7.65. The van der Waals surface area contributed by atoms with Crippen LogP contribution >= 0.6 is 0 Å².